The molecule has 7 nitrogen and oxygen atoms in total. The summed E-state index contributed by atoms with van der Waals surface area (Å²) in [5, 5.41) is 2.95. The van der Waals surface area contributed by atoms with Crippen LogP contribution in [-0.4, -0.2) is 50.0 Å². The zero-order valence-electron chi connectivity index (χ0n) is 19.5. The third-order valence-electron chi connectivity index (χ3n) is 5.38. The number of benzene rings is 2. The van der Waals surface area contributed by atoms with E-state index in [1.807, 2.05) is 51.1 Å². The van der Waals surface area contributed by atoms with Gasteiger partial charge in [-0.2, -0.15) is 0 Å². The third kappa shape index (κ3) is 7.85. The summed E-state index contributed by atoms with van der Waals surface area (Å²) in [6.45, 7) is 5.52. The van der Waals surface area contributed by atoms with Crippen molar-refractivity contribution < 1.29 is 18.0 Å². The summed E-state index contributed by atoms with van der Waals surface area (Å²) in [4.78, 5) is 28.0. The maximum atomic E-state index is 13.5. The van der Waals surface area contributed by atoms with Crippen molar-refractivity contribution in [2.45, 2.75) is 52.2 Å². The minimum atomic E-state index is -3.74. The second-order valence-corrected chi connectivity index (χ2v) is 10.8. The molecular weight excluding hydrogens is 506 g/mol. The van der Waals surface area contributed by atoms with E-state index in [1.54, 1.807) is 24.3 Å². The summed E-state index contributed by atoms with van der Waals surface area (Å²) < 4.78 is 27.0. The SMILES string of the molecule is CC[C@H](C(=O)N[C@@H](C)CC)N(Cc1ccccc1)C(=O)CN(c1ccc(Br)cc1)S(C)(=O)=O. The van der Waals surface area contributed by atoms with Gasteiger partial charge in [-0.1, -0.05) is 60.1 Å². The van der Waals surface area contributed by atoms with Crippen molar-refractivity contribution in [3.05, 3.63) is 64.6 Å². The Morgan fingerprint density at radius 2 is 1.61 bits per heavy atom. The Labute approximate surface area is 205 Å². The van der Waals surface area contributed by atoms with E-state index in [4.69, 9.17) is 0 Å². The second-order valence-electron chi connectivity index (χ2n) is 8.00. The topological polar surface area (TPSA) is 86.8 Å². The van der Waals surface area contributed by atoms with E-state index >= 15 is 0 Å². The molecular formula is C24H32BrN3O4S. The normalized spacial score (nSPS) is 13.1. The first kappa shape index (κ1) is 26.9. The monoisotopic (exact) mass is 537 g/mol. The Kier molecular flexibility index (Phi) is 9.91. The first-order valence-electron chi connectivity index (χ1n) is 10.9. The minimum absolute atomic E-state index is 0.0319. The molecule has 0 fully saturated rings. The molecule has 2 amide bonds. The van der Waals surface area contributed by atoms with E-state index < -0.39 is 28.5 Å². The van der Waals surface area contributed by atoms with Crippen molar-refractivity contribution >= 4 is 43.5 Å². The highest BCUT2D eigenvalue weighted by Gasteiger charge is 2.32. The van der Waals surface area contributed by atoms with Gasteiger partial charge in [0.05, 0.1) is 11.9 Å². The standard InChI is InChI=1S/C24H32BrN3O4S/c1-5-18(3)26-24(30)22(6-2)27(16-19-10-8-7-9-11-19)23(29)17-28(33(4,31)32)21-14-12-20(25)13-15-21/h7-15,18,22H,5-6,16-17H2,1-4H3,(H,26,30)/t18-,22+/m0/s1. The van der Waals surface area contributed by atoms with Gasteiger partial charge in [0, 0.05) is 17.1 Å². The van der Waals surface area contributed by atoms with Gasteiger partial charge in [-0.05, 0) is 49.6 Å². The van der Waals surface area contributed by atoms with Gasteiger partial charge in [0.1, 0.15) is 12.6 Å². The van der Waals surface area contributed by atoms with Crippen LogP contribution in [0.1, 0.15) is 39.2 Å². The Morgan fingerprint density at radius 1 is 1.00 bits per heavy atom. The summed E-state index contributed by atoms with van der Waals surface area (Å²) in [7, 11) is -3.74. The lowest BCUT2D eigenvalue weighted by Crippen LogP contribution is -2.53. The first-order valence-corrected chi connectivity index (χ1v) is 13.6. The number of nitrogens with one attached hydrogen (secondary N) is 1. The molecule has 1 N–H and O–H groups in total. The van der Waals surface area contributed by atoms with Crippen molar-refractivity contribution in [3.63, 3.8) is 0 Å². The molecule has 2 rings (SSSR count). The number of carbonyl (C=O) groups excluding carboxylic acids is 2. The minimum Gasteiger partial charge on any atom is -0.352 e. The number of sulfonamides is 1. The number of rotatable bonds is 11. The number of hydrogen-bond donors (Lipinski definition) is 1. The molecule has 2 aromatic carbocycles. The average molecular weight is 539 g/mol. The maximum absolute atomic E-state index is 13.5. The van der Waals surface area contributed by atoms with Crippen molar-refractivity contribution in [1.82, 2.24) is 10.2 Å². The molecule has 0 aliphatic carbocycles. The lowest BCUT2D eigenvalue weighted by molar-refractivity contribution is -0.140. The molecule has 9 heteroatoms. The lowest BCUT2D eigenvalue weighted by atomic mass is 10.1. The van der Waals surface area contributed by atoms with Crippen LogP contribution in [0.5, 0.6) is 0 Å². The van der Waals surface area contributed by atoms with Crippen molar-refractivity contribution in [2.24, 2.45) is 0 Å². The Hall–Kier alpha value is -2.39. The zero-order valence-corrected chi connectivity index (χ0v) is 21.9. The van der Waals surface area contributed by atoms with E-state index in [1.165, 1.54) is 4.90 Å². The number of halogens is 1. The first-order chi connectivity index (χ1) is 15.6. The summed E-state index contributed by atoms with van der Waals surface area (Å²) in [6, 6.07) is 15.3. The molecule has 0 aromatic heterocycles. The quantitative estimate of drug-likeness (QED) is 0.470. The van der Waals surface area contributed by atoms with Crippen molar-refractivity contribution in [1.29, 1.82) is 0 Å². The van der Waals surface area contributed by atoms with E-state index in [-0.39, 0.29) is 18.5 Å². The Bertz CT molecular complexity index is 1030. The van der Waals surface area contributed by atoms with Crippen LogP contribution in [0.2, 0.25) is 0 Å². The highest BCUT2D eigenvalue weighted by atomic mass is 79.9. The molecule has 0 radical (unpaired) electrons. The van der Waals surface area contributed by atoms with Gasteiger partial charge in [-0.25, -0.2) is 8.42 Å². The predicted octanol–water partition coefficient (Wildman–Crippen LogP) is 3.94. The van der Waals surface area contributed by atoms with E-state index in [9.17, 15) is 18.0 Å². The number of hydrogen-bond acceptors (Lipinski definition) is 4. The largest absolute Gasteiger partial charge is 0.352 e. The third-order valence-corrected chi connectivity index (χ3v) is 7.05. The zero-order chi connectivity index (χ0) is 24.6. The molecule has 0 heterocycles. The molecule has 0 spiro atoms. The molecule has 2 atom stereocenters. The summed E-state index contributed by atoms with van der Waals surface area (Å²) in [5.41, 5.74) is 1.24. The molecule has 0 saturated carbocycles. The predicted molar refractivity (Wildman–Crippen MR) is 135 cm³/mol. The van der Waals surface area contributed by atoms with Crippen LogP contribution < -0.4 is 9.62 Å². The van der Waals surface area contributed by atoms with Gasteiger partial charge in [-0.15, -0.1) is 0 Å². The van der Waals surface area contributed by atoms with Gasteiger partial charge in [0.2, 0.25) is 21.8 Å². The molecule has 2 aromatic rings. The average Bonchev–Trinajstić information content (AvgIpc) is 2.77. The fourth-order valence-electron chi connectivity index (χ4n) is 3.36. The Morgan fingerprint density at radius 3 is 2.12 bits per heavy atom. The van der Waals surface area contributed by atoms with Gasteiger partial charge in [0.25, 0.3) is 0 Å². The maximum Gasteiger partial charge on any atom is 0.244 e. The fourth-order valence-corrected chi connectivity index (χ4v) is 4.48. The van der Waals surface area contributed by atoms with Crippen LogP contribution in [0.4, 0.5) is 5.69 Å². The van der Waals surface area contributed by atoms with Crippen LogP contribution in [0.25, 0.3) is 0 Å². The van der Waals surface area contributed by atoms with Crippen LogP contribution in [-0.2, 0) is 26.2 Å². The molecule has 0 unspecified atom stereocenters. The molecule has 180 valence electrons. The van der Waals surface area contributed by atoms with E-state index in [2.05, 4.69) is 21.2 Å². The highest BCUT2D eigenvalue weighted by Crippen LogP contribution is 2.22. The summed E-state index contributed by atoms with van der Waals surface area (Å²) in [5.74, 6) is -0.691. The van der Waals surface area contributed by atoms with Gasteiger partial charge < -0.3 is 10.2 Å². The molecule has 33 heavy (non-hydrogen) atoms. The van der Waals surface area contributed by atoms with Gasteiger partial charge in [-0.3, -0.25) is 13.9 Å². The second kappa shape index (κ2) is 12.2. The number of anilines is 1. The van der Waals surface area contributed by atoms with Crippen molar-refractivity contribution in [2.75, 3.05) is 17.1 Å². The van der Waals surface area contributed by atoms with Crippen molar-refractivity contribution in [3.8, 4) is 0 Å². The molecule has 0 saturated heterocycles. The van der Waals surface area contributed by atoms with E-state index in [0.29, 0.717) is 12.1 Å². The van der Waals surface area contributed by atoms with Crippen LogP contribution >= 0.6 is 15.9 Å². The number of carbonyl (C=O) groups is 2. The van der Waals surface area contributed by atoms with Crippen LogP contribution in [0.3, 0.4) is 0 Å². The summed E-state index contributed by atoms with van der Waals surface area (Å²) >= 11 is 3.34. The Balaban J connectivity index is 2.39. The number of amides is 2. The smallest absolute Gasteiger partial charge is 0.244 e. The highest BCUT2D eigenvalue weighted by molar-refractivity contribution is 9.10. The fraction of sp³-hybridized carbons (Fsp3) is 0.417. The lowest BCUT2D eigenvalue weighted by Gasteiger charge is -2.33. The molecule has 0 bridgehead atoms. The number of nitrogens with zero attached hydrogens (tertiary/aromatic N) is 2. The summed E-state index contributed by atoms with van der Waals surface area (Å²) in [6.07, 6.45) is 2.23. The van der Waals surface area contributed by atoms with Gasteiger partial charge in [0.15, 0.2) is 0 Å². The molecule has 0 aliphatic heterocycles. The molecule has 0 aliphatic rings. The van der Waals surface area contributed by atoms with Crippen LogP contribution in [0.15, 0.2) is 59.1 Å². The van der Waals surface area contributed by atoms with Gasteiger partial charge >= 0.3 is 0 Å². The van der Waals surface area contributed by atoms with Crippen LogP contribution in [0, 0.1) is 0 Å². The van der Waals surface area contributed by atoms with E-state index in [0.717, 1.165) is 27.0 Å².